The van der Waals surface area contributed by atoms with Crippen molar-refractivity contribution in [3.8, 4) is 0 Å². The fourth-order valence-corrected chi connectivity index (χ4v) is 3.48. The van der Waals surface area contributed by atoms with Crippen LogP contribution in [-0.2, 0) is 0 Å². The van der Waals surface area contributed by atoms with Crippen molar-refractivity contribution in [1.29, 1.82) is 0 Å². The largest absolute Gasteiger partial charge is 0.310 e. The van der Waals surface area contributed by atoms with Crippen LogP contribution in [0.4, 0.5) is 0 Å². The molecule has 0 aromatic rings. The Labute approximate surface area is 101 Å². The van der Waals surface area contributed by atoms with Crippen LogP contribution in [0.5, 0.6) is 0 Å². The monoisotopic (exact) mass is 224 g/mol. The predicted octanol–water partition coefficient (Wildman–Crippen LogP) is 2.64. The van der Waals surface area contributed by atoms with Crippen LogP contribution >= 0.6 is 0 Å². The summed E-state index contributed by atoms with van der Waals surface area (Å²) in [6, 6.07) is 2.33. The Bertz CT molecular complexity index is 217. The van der Waals surface area contributed by atoms with Gasteiger partial charge in [0.05, 0.1) is 0 Å². The van der Waals surface area contributed by atoms with Gasteiger partial charge in [-0.25, -0.2) is 0 Å². The van der Waals surface area contributed by atoms with Crippen molar-refractivity contribution < 1.29 is 0 Å². The highest BCUT2D eigenvalue weighted by Crippen LogP contribution is 2.28. The van der Waals surface area contributed by atoms with Crippen LogP contribution in [0.1, 0.15) is 52.9 Å². The summed E-state index contributed by atoms with van der Waals surface area (Å²) in [6.45, 7) is 9.71. The molecule has 0 aromatic heterocycles. The summed E-state index contributed by atoms with van der Waals surface area (Å²) < 4.78 is 0. The molecule has 1 N–H and O–H groups in total. The van der Waals surface area contributed by atoms with Crippen LogP contribution in [0.25, 0.3) is 0 Å². The molecule has 2 saturated heterocycles. The van der Waals surface area contributed by atoms with Gasteiger partial charge in [-0.15, -0.1) is 0 Å². The Balaban J connectivity index is 1.76. The summed E-state index contributed by atoms with van der Waals surface area (Å²) in [5, 5.41) is 3.87. The lowest BCUT2D eigenvalue weighted by Gasteiger charge is -2.26. The Morgan fingerprint density at radius 1 is 1.25 bits per heavy atom. The molecule has 0 amide bonds. The number of hydrogen-bond acceptors (Lipinski definition) is 2. The zero-order valence-corrected chi connectivity index (χ0v) is 11.2. The van der Waals surface area contributed by atoms with Crippen molar-refractivity contribution in [2.24, 2.45) is 5.92 Å². The number of nitrogens with zero attached hydrogens (tertiary/aromatic N) is 1. The highest BCUT2D eigenvalue weighted by atomic mass is 15.2. The first kappa shape index (κ1) is 12.4. The zero-order chi connectivity index (χ0) is 11.5. The third kappa shape index (κ3) is 2.78. The molecule has 0 saturated carbocycles. The quantitative estimate of drug-likeness (QED) is 0.772. The maximum Gasteiger partial charge on any atom is 0.0250 e. The number of rotatable bonds is 5. The van der Waals surface area contributed by atoms with E-state index < -0.39 is 0 Å². The molecule has 0 bridgehead atoms. The molecule has 94 valence electrons. The molecule has 4 atom stereocenters. The van der Waals surface area contributed by atoms with Gasteiger partial charge in [0.2, 0.25) is 0 Å². The number of hydrogen-bond donors (Lipinski definition) is 1. The van der Waals surface area contributed by atoms with Crippen molar-refractivity contribution >= 4 is 0 Å². The second-order valence-electron chi connectivity index (χ2n) is 5.96. The summed E-state index contributed by atoms with van der Waals surface area (Å²) in [4.78, 5) is 2.69. The van der Waals surface area contributed by atoms with Crippen molar-refractivity contribution in [1.82, 2.24) is 10.2 Å². The highest BCUT2D eigenvalue weighted by Gasteiger charge is 2.37. The molecule has 0 radical (unpaired) electrons. The molecule has 0 aliphatic carbocycles. The van der Waals surface area contributed by atoms with E-state index in [1.165, 1.54) is 45.2 Å². The van der Waals surface area contributed by atoms with Crippen LogP contribution in [0.2, 0.25) is 0 Å². The zero-order valence-electron chi connectivity index (χ0n) is 11.2. The molecule has 16 heavy (non-hydrogen) atoms. The Kier molecular flexibility index (Phi) is 4.26. The smallest absolute Gasteiger partial charge is 0.0250 e. The van der Waals surface area contributed by atoms with Crippen LogP contribution < -0.4 is 5.32 Å². The summed E-state index contributed by atoms with van der Waals surface area (Å²) in [7, 11) is 0. The Morgan fingerprint density at radius 2 is 2.06 bits per heavy atom. The van der Waals surface area contributed by atoms with Gasteiger partial charge in [0.15, 0.2) is 0 Å². The van der Waals surface area contributed by atoms with Gasteiger partial charge in [0.1, 0.15) is 0 Å². The first-order valence-corrected chi connectivity index (χ1v) is 7.20. The van der Waals surface area contributed by atoms with Crippen molar-refractivity contribution in [2.45, 2.75) is 71.0 Å². The van der Waals surface area contributed by atoms with Gasteiger partial charge in [-0.2, -0.15) is 0 Å². The van der Waals surface area contributed by atoms with Crippen molar-refractivity contribution in [3.05, 3.63) is 0 Å². The Hall–Kier alpha value is -0.0800. The fourth-order valence-electron chi connectivity index (χ4n) is 3.48. The first-order valence-electron chi connectivity index (χ1n) is 7.20. The van der Waals surface area contributed by atoms with E-state index in [4.69, 9.17) is 0 Å². The molecule has 0 spiro atoms. The van der Waals surface area contributed by atoms with E-state index in [1.807, 2.05) is 0 Å². The van der Waals surface area contributed by atoms with Gasteiger partial charge in [-0.3, -0.25) is 4.90 Å². The van der Waals surface area contributed by atoms with Crippen molar-refractivity contribution in [3.63, 3.8) is 0 Å². The maximum absolute atomic E-state index is 3.87. The molecular formula is C14H28N2. The van der Waals surface area contributed by atoms with Crippen LogP contribution in [-0.4, -0.2) is 36.1 Å². The van der Waals surface area contributed by atoms with Crippen LogP contribution in [0.15, 0.2) is 0 Å². The average molecular weight is 224 g/mol. The predicted molar refractivity (Wildman–Crippen MR) is 69.7 cm³/mol. The molecular weight excluding hydrogens is 196 g/mol. The lowest BCUT2D eigenvalue weighted by molar-refractivity contribution is 0.282. The van der Waals surface area contributed by atoms with Gasteiger partial charge >= 0.3 is 0 Å². The first-order chi connectivity index (χ1) is 7.70. The van der Waals surface area contributed by atoms with E-state index in [9.17, 15) is 0 Å². The van der Waals surface area contributed by atoms with Crippen LogP contribution in [0.3, 0.4) is 0 Å². The third-order valence-electron chi connectivity index (χ3n) is 4.56. The minimum absolute atomic E-state index is 0.695. The van der Waals surface area contributed by atoms with Crippen molar-refractivity contribution in [2.75, 3.05) is 13.1 Å². The van der Waals surface area contributed by atoms with Gasteiger partial charge < -0.3 is 5.32 Å². The standard InChI is InChI=1S/C14H28N2/c1-4-11(2)10-12(3)15-13-7-9-16-8-5-6-14(13)16/h11-15H,4-10H2,1-3H3. The SMILES string of the molecule is CCC(C)CC(C)NC1CCN2CCCC12. The normalized spacial score (nSPS) is 33.9. The van der Waals surface area contributed by atoms with E-state index in [0.29, 0.717) is 6.04 Å². The lowest BCUT2D eigenvalue weighted by Crippen LogP contribution is -2.43. The molecule has 4 unspecified atom stereocenters. The highest BCUT2D eigenvalue weighted by molar-refractivity contribution is 4.96. The lowest BCUT2D eigenvalue weighted by atomic mass is 9.98. The molecule has 0 aromatic carbocycles. The van der Waals surface area contributed by atoms with Gasteiger partial charge in [-0.05, 0) is 45.1 Å². The molecule has 2 aliphatic rings. The molecule has 2 fully saturated rings. The summed E-state index contributed by atoms with van der Waals surface area (Å²) in [5.41, 5.74) is 0. The topological polar surface area (TPSA) is 15.3 Å². The minimum Gasteiger partial charge on any atom is -0.310 e. The van der Waals surface area contributed by atoms with E-state index in [0.717, 1.165) is 18.0 Å². The van der Waals surface area contributed by atoms with Gasteiger partial charge in [-0.1, -0.05) is 20.3 Å². The molecule has 2 heterocycles. The Morgan fingerprint density at radius 3 is 2.81 bits per heavy atom. The van der Waals surface area contributed by atoms with E-state index in [2.05, 4.69) is 31.0 Å². The second kappa shape index (κ2) is 5.50. The molecule has 2 nitrogen and oxygen atoms in total. The summed E-state index contributed by atoms with van der Waals surface area (Å²) >= 11 is 0. The van der Waals surface area contributed by atoms with E-state index in [-0.39, 0.29) is 0 Å². The van der Waals surface area contributed by atoms with Crippen LogP contribution in [0, 0.1) is 5.92 Å². The summed E-state index contributed by atoms with van der Waals surface area (Å²) in [5.74, 6) is 0.864. The molecule has 2 rings (SSSR count). The van der Waals surface area contributed by atoms with E-state index >= 15 is 0 Å². The van der Waals surface area contributed by atoms with Gasteiger partial charge in [0, 0.05) is 24.7 Å². The van der Waals surface area contributed by atoms with Gasteiger partial charge in [0.25, 0.3) is 0 Å². The maximum atomic E-state index is 3.87. The molecule has 2 heteroatoms. The molecule has 2 aliphatic heterocycles. The van der Waals surface area contributed by atoms with E-state index in [1.54, 1.807) is 0 Å². The minimum atomic E-state index is 0.695. The fraction of sp³-hybridized carbons (Fsp3) is 1.00. The number of nitrogens with one attached hydrogen (secondary N) is 1. The third-order valence-corrected chi connectivity index (χ3v) is 4.56. The number of fused-ring (bicyclic) bond motifs is 1. The summed E-state index contributed by atoms with van der Waals surface area (Å²) in [6.07, 6.45) is 6.86. The second-order valence-corrected chi connectivity index (χ2v) is 5.96. The average Bonchev–Trinajstić information content (AvgIpc) is 2.82.